The van der Waals surface area contributed by atoms with Crippen LogP contribution in [0.3, 0.4) is 0 Å². The van der Waals surface area contributed by atoms with Crippen LogP contribution < -0.4 is 0 Å². The molecule has 0 heterocycles. The molecule has 0 spiro atoms. The summed E-state index contributed by atoms with van der Waals surface area (Å²) in [5, 5.41) is 8.81. The largest absolute Gasteiger partial charge is 0.481 e. The molecule has 63 valence electrons. The van der Waals surface area contributed by atoms with Crippen LogP contribution in [0.5, 0.6) is 0 Å². The molecule has 2 nitrogen and oxygen atoms in total. The number of rotatable bonds is 3. The van der Waals surface area contributed by atoms with Gasteiger partial charge in [0.2, 0.25) is 0 Å². The van der Waals surface area contributed by atoms with E-state index in [2.05, 4.69) is 6.07 Å². The van der Waals surface area contributed by atoms with Gasteiger partial charge in [-0.15, -0.1) is 0 Å². The van der Waals surface area contributed by atoms with Gasteiger partial charge in [-0.3, -0.25) is 4.79 Å². The fourth-order valence-corrected chi connectivity index (χ4v) is 1.15. The number of carboxylic acid groups (broad SMARTS) is 1. The second-order valence-electron chi connectivity index (χ2n) is 2.62. The Hall–Kier alpha value is -1.31. The van der Waals surface area contributed by atoms with Gasteiger partial charge in [-0.05, 0) is 18.1 Å². The van der Waals surface area contributed by atoms with Gasteiger partial charge in [0.15, 0.2) is 0 Å². The van der Waals surface area contributed by atoms with Crippen LogP contribution in [0, 0.1) is 6.07 Å². The summed E-state index contributed by atoms with van der Waals surface area (Å²) in [4.78, 5) is 10.7. The third-order valence-corrected chi connectivity index (χ3v) is 1.81. The van der Waals surface area contributed by atoms with Crippen molar-refractivity contribution >= 4 is 5.97 Å². The standard InChI is InChI=1S/C10H11O2/c1-2-9(10(11)12)8-6-4-3-5-7-8/h3-6,9H,2H2,1H3,(H,11,12). The van der Waals surface area contributed by atoms with Crippen molar-refractivity contribution < 1.29 is 9.90 Å². The third-order valence-electron chi connectivity index (χ3n) is 1.81. The topological polar surface area (TPSA) is 37.3 Å². The summed E-state index contributed by atoms with van der Waals surface area (Å²) in [6, 6.07) is 10.1. The van der Waals surface area contributed by atoms with Gasteiger partial charge in [0.1, 0.15) is 0 Å². The van der Waals surface area contributed by atoms with Crippen LogP contribution in [0.15, 0.2) is 24.3 Å². The van der Waals surface area contributed by atoms with Crippen LogP contribution in [0.25, 0.3) is 0 Å². The molecule has 0 aliphatic heterocycles. The highest BCUT2D eigenvalue weighted by Gasteiger charge is 2.16. The van der Waals surface area contributed by atoms with Crippen LogP contribution in [0.4, 0.5) is 0 Å². The van der Waals surface area contributed by atoms with Crippen molar-refractivity contribution in [1.29, 1.82) is 0 Å². The lowest BCUT2D eigenvalue weighted by molar-refractivity contribution is -0.138. The lowest BCUT2D eigenvalue weighted by Gasteiger charge is -2.08. The second-order valence-corrected chi connectivity index (χ2v) is 2.62. The Labute approximate surface area is 71.8 Å². The van der Waals surface area contributed by atoms with Gasteiger partial charge >= 0.3 is 5.97 Å². The Balaban J connectivity index is 2.88. The molecule has 12 heavy (non-hydrogen) atoms. The zero-order valence-electron chi connectivity index (χ0n) is 6.95. The molecule has 0 aromatic heterocycles. The Kier molecular flexibility index (Phi) is 2.86. The summed E-state index contributed by atoms with van der Waals surface area (Å²) in [5.74, 6) is -1.19. The van der Waals surface area contributed by atoms with Crippen LogP contribution in [0.2, 0.25) is 0 Å². The maximum absolute atomic E-state index is 10.7. The lowest BCUT2D eigenvalue weighted by atomic mass is 9.97. The van der Waals surface area contributed by atoms with Crippen LogP contribution >= 0.6 is 0 Å². The summed E-state index contributed by atoms with van der Waals surface area (Å²) in [5.41, 5.74) is 0.757. The summed E-state index contributed by atoms with van der Waals surface area (Å²) >= 11 is 0. The third kappa shape index (κ3) is 1.84. The molecule has 0 amide bonds. The second kappa shape index (κ2) is 3.90. The molecule has 1 aromatic carbocycles. The molecule has 0 saturated heterocycles. The SMILES string of the molecule is CCC(C(=O)O)c1[c]cccc1. The van der Waals surface area contributed by atoms with Crippen molar-refractivity contribution in [3.05, 3.63) is 35.9 Å². The van der Waals surface area contributed by atoms with E-state index in [-0.39, 0.29) is 0 Å². The predicted octanol–water partition coefficient (Wildman–Crippen LogP) is 2.06. The Morgan fingerprint density at radius 1 is 1.67 bits per heavy atom. The van der Waals surface area contributed by atoms with E-state index in [4.69, 9.17) is 5.11 Å². The minimum Gasteiger partial charge on any atom is -0.481 e. The molecular formula is C10H11O2. The van der Waals surface area contributed by atoms with Crippen molar-refractivity contribution in [3.8, 4) is 0 Å². The van der Waals surface area contributed by atoms with E-state index >= 15 is 0 Å². The number of carboxylic acids is 1. The first-order valence-electron chi connectivity index (χ1n) is 3.95. The minimum absolute atomic E-state index is 0.411. The molecule has 0 aliphatic rings. The molecule has 0 fully saturated rings. The molecular weight excluding hydrogens is 152 g/mol. The Bertz CT molecular complexity index is 254. The summed E-state index contributed by atoms with van der Waals surface area (Å²) in [7, 11) is 0. The summed E-state index contributed by atoms with van der Waals surface area (Å²) in [6.45, 7) is 1.86. The van der Waals surface area contributed by atoms with Crippen molar-refractivity contribution in [1.82, 2.24) is 0 Å². The van der Waals surface area contributed by atoms with E-state index in [0.29, 0.717) is 6.42 Å². The van der Waals surface area contributed by atoms with E-state index in [9.17, 15) is 4.79 Å². The van der Waals surface area contributed by atoms with Gasteiger partial charge in [-0.1, -0.05) is 31.2 Å². The van der Waals surface area contributed by atoms with Crippen LogP contribution in [-0.4, -0.2) is 11.1 Å². The molecule has 0 saturated carbocycles. The first-order valence-corrected chi connectivity index (χ1v) is 3.95. The molecule has 2 heteroatoms. The van der Waals surface area contributed by atoms with Gasteiger partial charge in [0, 0.05) is 0 Å². The van der Waals surface area contributed by atoms with Gasteiger partial charge < -0.3 is 5.11 Å². The quantitative estimate of drug-likeness (QED) is 0.740. The maximum atomic E-state index is 10.7. The molecule has 1 unspecified atom stereocenters. The first kappa shape index (κ1) is 8.78. The summed E-state index contributed by atoms with van der Waals surface area (Å²) in [6.07, 6.45) is 0.607. The summed E-state index contributed by atoms with van der Waals surface area (Å²) < 4.78 is 0. The van der Waals surface area contributed by atoms with Gasteiger partial charge in [-0.25, -0.2) is 0 Å². The predicted molar refractivity (Wildman–Crippen MR) is 45.9 cm³/mol. The van der Waals surface area contributed by atoms with Crippen molar-refractivity contribution in [3.63, 3.8) is 0 Å². The first-order chi connectivity index (χ1) is 5.75. The van der Waals surface area contributed by atoms with Crippen molar-refractivity contribution in [2.45, 2.75) is 19.3 Å². The smallest absolute Gasteiger partial charge is 0.310 e. The fourth-order valence-electron chi connectivity index (χ4n) is 1.15. The average molecular weight is 163 g/mol. The molecule has 0 bridgehead atoms. The highest BCUT2D eigenvalue weighted by molar-refractivity contribution is 5.75. The average Bonchev–Trinajstić information content (AvgIpc) is 2.07. The molecule has 0 aliphatic carbocycles. The number of carbonyl (C=O) groups is 1. The normalized spacial score (nSPS) is 12.4. The molecule has 1 aromatic rings. The number of hydrogen-bond acceptors (Lipinski definition) is 1. The van der Waals surface area contributed by atoms with E-state index in [1.165, 1.54) is 0 Å². The maximum Gasteiger partial charge on any atom is 0.310 e. The molecule has 1 radical (unpaired) electrons. The zero-order chi connectivity index (χ0) is 8.97. The molecule has 1 atom stereocenters. The number of benzene rings is 1. The highest BCUT2D eigenvalue weighted by atomic mass is 16.4. The van der Waals surface area contributed by atoms with Crippen molar-refractivity contribution in [2.24, 2.45) is 0 Å². The molecule has 1 rings (SSSR count). The zero-order valence-corrected chi connectivity index (χ0v) is 6.95. The lowest BCUT2D eigenvalue weighted by Crippen LogP contribution is -2.10. The van der Waals surface area contributed by atoms with Gasteiger partial charge in [0.25, 0.3) is 0 Å². The van der Waals surface area contributed by atoms with E-state index < -0.39 is 11.9 Å². The van der Waals surface area contributed by atoms with E-state index in [1.807, 2.05) is 19.1 Å². The van der Waals surface area contributed by atoms with Crippen LogP contribution in [-0.2, 0) is 4.79 Å². The monoisotopic (exact) mass is 163 g/mol. The van der Waals surface area contributed by atoms with E-state index in [0.717, 1.165) is 5.56 Å². The highest BCUT2D eigenvalue weighted by Crippen LogP contribution is 2.18. The van der Waals surface area contributed by atoms with E-state index in [1.54, 1.807) is 12.1 Å². The fraction of sp³-hybridized carbons (Fsp3) is 0.300. The Morgan fingerprint density at radius 2 is 2.42 bits per heavy atom. The molecule has 1 N–H and O–H groups in total. The Morgan fingerprint density at radius 3 is 2.83 bits per heavy atom. The number of aliphatic carboxylic acids is 1. The van der Waals surface area contributed by atoms with Gasteiger partial charge in [0.05, 0.1) is 5.92 Å². The van der Waals surface area contributed by atoms with Gasteiger partial charge in [-0.2, -0.15) is 0 Å². The van der Waals surface area contributed by atoms with Crippen LogP contribution in [0.1, 0.15) is 24.8 Å². The minimum atomic E-state index is -0.778. The van der Waals surface area contributed by atoms with Crippen molar-refractivity contribution in [2.75, 3.05) is 0 Å². The number of hydrogen-bond donors (Lipinski definition) is 1.